The Labute approximate surface area is 103 Å². The minimum Gasteiger partial charge on any atom is -0.481 e. The van der Waals surface area contributed by atoms with Crippen LogP contribution in [0.4, 0.5) is 0 Å². The molecule has 96 valence electrons. The van der Waals surface area contributed by atoms with E-state index >= 15 is 0 Å². The molecule has 0 aromatic carbocycles. The van der Waals surface area contributed by atoms with E-state index in [0.717, 1.165) is 31.2 Å². The van der Waals surface area contributed by atoms with Gasteiger partial charge in [0.2, 0.25) is 0 Å². The zero-order valence-corrected chi connectivity index (χ0v) is 10.5. The van der Waals surface area contributed by atoms with Gasteiger partial charge in [0.1, 0.15) is 0 Å². The summed E-state index contributed by atoms with van der Waals surface area (Å²) in [6.45, 7) is 1.18. The number of carboxylic acid groups (broad SMARTS) is 1. The van der Waals surface area contributed by atoms with Crippen molar-refractivity contribution < 1.29 is 9.90 Å². The zero-order valence-electron chi connectivity index (χ0n) is 10.5. The second-order valence-corrected chi connectivity index (χ2v) is 6.17. The quantitative estimate of drug-likeness (QED) is 0.798. The van der Waals surface area contributed by atoms with Gasteiger partial charge in [-0.1, -0.05) is 12.8 Å². The minimum atomic E-state index is -0.559. The van der Waals surface area contributed by atoms with Crippen LogP contribution in [0.25, 0.3) is 0 Å². The van der Waals surface area contributed by atoms with Crippen molar-refractivity contribution in [3.8, 4) is 0 Å². The van der Waals surface area contributed by atoms with Gasteiger partial charge in [-0.25, -0.2) is 0 Å². The smallest absolute Gasteiger partial charge is 0.308 e. The molecule has 3 heteroatoms. The third kappa shape index (κ3) is 2.65. The molecule has 3 nitrogen and oxygen atoms in total. The number of hydrogen-bond acceptors (Lipinski definition) is 2. The highest BCUT2D eigenvalue weighted by atomic mass is 16.4. The highest BCUT2D eigenvalue weighted by molar-refractivity contribution is 5.71. The van der Waals surface area contributed by atoms with Gasteiger partial charge in [-0.05, 0) is 44.4 Å². The number of carboxylic acids is 1. The second kappa shape index (κ2) is 4.60. The van der Waals surface area contributed by atoms with Crippen LogP contribution in [0, 0.1) is 11.8 Å². The molecule has 2 atom stereocenters. The van der Waals surface area contributed by atoms with Crippen LogP contribution in [-0.4, -0.2) is 34.6 Å². The van der Waals surface area contributed by atoms with Gasteiger partial charge < -0.3 is 5.11 Å². The lowest BCUT2D eigenvalue weighted by Crippen LogP contribution is -2.47. The molecule has 17 heavy (non-hydrogen) atoms. The summed E-state index contributed by atoms with van der Waals surface area (Å²) in [4.78, 5) is 14.0. The fourth-order valence-electron chi connectivity index (χ4n) is 3.36. The molecule has 3 rings (SSSR count). The van der Waals surface area contributed by atoms with E-state index in [1.54, 1.807) is 0 Å². The van der Waals surface area contributed by atoms with E-state index in [2.05, 4.69) is 4.90 Å². The molecule has 1 N–H and O–H groups in total. The number of hydrogen-bond donors (Lipinski definition) is 1. The Hall–Kier alpha value is -0.570. The highest BCUT2D eigenvalue weighted by Crippen LogP contribution is 2.40. The summed E-state index contributed by atoms with van der Waals surface area (Å²) in [5.41, 5.74) is 0. The van der Waals surface area contributed by atoms with Crippen molar-refractivity contribution in [2.75, 3.05) is 6.54 Å². The van der Waals surface area contributed by atoms with Crippen molar-refractivity contribution in [1.29, 1.82) is 0 Å². The Kier molecular flexibility index (Phi) is 3.12. The van der Waals surface area contributed by atoms with Crippen LogP contribution in [-0.2, 0) is 4.79 Å². The predicted octanol–water partition coefficient (Wildman–Crippen LogP) is 2.50. The maximum absolute atomic E-state index is 11.4. The summed E-state index contributed by atoms with van der Waals surface area (Å²) in [7, 11) is 0. The lowest BCUT2D eigenvalue weighted by Gasteiger charge is -2.38. The SMILES string of the molecule is O=C(O)C1CCCCC1N(CC1CC1)C1CC1. The van der Waals surface area contributed by atoms with E-state index in [-0.39, 0.29) is 5.92 Å². The van der Waals surface area contributed by atoms with Gasteiger partial charge in [0, 0.05) is 18.6 Å². The fourth-order valence-corrected chi connectivity index (χ4v) is 3.36. The molecule has 0 aromatic rings. The van der Waals surface area contributed by atoms with Crippen LogP contribution in [0.3, 0.4) is 0 Å². The van der Waals surface area contributed by atoms with Crippen molar-refractivity contribution in [1.82, 2.24) is 4.90 Å². The van der Waals surface area contributed by atoms with Gasteiger partial charge in [0.25, 0.3) is 0 Å². The summed E-state index contributed by atoms with van der Waals surface area (Å²) < 4.78 is 0. The molecule has 3 aliphatic carbocycles. The molecule has 0 aromatic heterocycles. The molecule has 3 aliphatic rings. The third-order valence-corrected chi connectivity index (χ3v) is 4.65. The van der Waals surface area contributed by atoms with E-state index < -0.39 is 5.97 Å². The molecule has 0 spiro atoms. The first-order valence-corrected chi connectivity index (χ1v) is 7.24. The first-order chi connectivity index (χ1) is 8.25. The van der Waals surface area contributed by atoms with Crippen molar-refractivity contribution in [3.63, 3.8) is 0 Å². The van der Waals surface area contributed by atoms with Gasteiger partial charge in [-0.15, -0.1) is 0 Å². The molecule has 0 aliphatic heterocycles. The lowest BCUT2D eigenvalue weighted by atomic mass is 9.83. The fraction of sp³-hybridized carbons (Fsp3) is 0.929. The zero-order chi connectivity index (χ0) is 11.8. The summed E-state index contributed by atoms with van der Waals surface area (Å²) >= 11 is 0. The Balaban J connectivity index is 1.69. The summed E-state index contributed by atoms with van der Waals surface area (Å²) in [5, 5.41) is 9.38. The number of nitrogens with zero attached hydrogens (tertiary/aromatic N) is 1. The van der Waals surface area contributed by atoms with Gasteiger partial charge >= 0.3 is 5.97 Å². The molecule has 0 amide bonds. The maximum Gasteiger partial charge on any atom is 0.308 e. The topological polar surface area (TPSA) is 40.5 Å². The highest BCUT2D eigenvalue weighted by Gasteiger charge is 2.42. The van der Waals surface area contributed by atoms with Crippen molar-refractivity contribution in [2.24, 2.45) is 11.8 Å². The van der Waals surface area contributed by atoms with E-state index in [1.807, 2.05) is 0 Å². The molecule has 0 heterocycles. The van der Waals surface area contributed by atoms with Crippen molar-refractivity contribution in [2.45, 2.75) is 63.5 Å². The van der Waals surface area contributed by atoms with Crippen molar-refractivity contribution in [3.05, 3.63) is 0 Å². The standard InChI is InChI=1S/C14H23NO2/c16-14(17)12-3-1-2-4-13(12)15(11-7-8-11)9-10-5-6-10/h10-13H,1-9H2,(H,16,17). The Morgan fingerprint density at radius 1 is 1.06 bits per heavy atom. The molecule has 2 unspecified atom stereocenters. The van der Waals surface area contributed by atoms with Gasteiger partial charge in [-0.3, -0.25) is 9.69 Å². The Morgan fingerprint density at radius 2 is 1.76 bits per heavy atom. The van der Waals surface area contributed by atoms with Crippen LogP contribution in [0.2, 0.25) is 0 Å². The maximum atomic E-state index is 11.4. The molecule has 0 saturated heterocycles. The number of aliphatic carboxylic acids is 1. The summed E-state index contributed by atoms with van der Waals surface area (Å²) in [5.74, 6) is 0.228. The average molecular weight is 237 g/mol. The van der Waals surface area contributed by atoms with E-state index in [0.29, 0.717) is 6.04 Å². The first kappa shape index (κ1) is 11.5. The first-order valence-electron chi connectivity index (χ1n) is 7.24. The van der Waals surface area contributed by atoms with E-state index in [1.165, 1.54) is 38.6 Å². The molecule has 0 radical (unpaired) electrons. The van der Waals surface area contributed by atoms with E-state index in [4.69, 9.17) is 0 Å². The molecule has 3 saturated carbocycles. The molecular formula is C14H23NO2. The van der Waals surface area contributed by atoms with E-state index in [9.17, 15) is 9.90 Å². The number of rotatable bonds is 5. The minimum absolute atomic E-state index is 0.0944. The molecule has 3 fully saturated rings. The van der Waals surface area contributed by atoms with Crippen LogP contribution < -0.4 is 0 Å². The summed E-state index contributed by atoms with van der Waals surface area (Å²) in [6, 6.07) is 1.06. The Bertz CT molecular complexity index is 297. The predicted molar refractivity (Wildman–Crippen MR) is 65.8 cm³/mol. The normalized spacial score (nSPS) is 33.9. The van der Waals surface area contributed by atoms with Gasteiger partial charge in [0.15, 0.2) is 0 Å². The average Bonchev–Trinajstić information content (AvgIpc) is 3.17. The van der Waals surface area contributed by atoms with Crippen molar-refractivity contribution >= 4 is 5.97 Å². The van der Waals surface area contributed by atoms with Crippen LogP contribution in [0.15, 0.2) is 0 Å². The molecule has 0 bridgehead atoms. The molecular weight excluding hydrogens is 214 g/mol. The second-order valence-electron chi connectivity index (χ2n) is 6.17. The lowest BCUT2D eigenvalue weighted by molar-refractivity contribution is -0.145. The summed E-state index contributed by atoms with van der Waals surface area (Å²) in [6.07, 6.45) is 9.68. The monoisotopic (exact) mass is 237 g/mol. The largest absolute Gasteiger partial charge is 0.481 e. The van der Waals surface area contributed by atoms with Gasteiger partial charge in [-0.2, -0.15) is 0 Å². The van der Waals surface area contributed by atoms with Crippen LogP contribution in [0.1, 0.15) is 51.4 Å². The van der Waals surface area contributed by atoms with Gasteiger partial charge in [0.05, 0.1) is 5.92 Å². The third-order valence-electron chi connectivity index (χ3n) is 4.65. The number of carbonyl (C=O) groups is 1. The Morgan fingerprint density at radius 3 is 2.35 bits per heavy atom. The van der Waals surface area contributed by atoms with Crippen LogP contribution in [0.5, 0.6) is 0 Å². The van der Waals surface area contributed by atoms with Crippen LogP contribution >= 0.6 is 0 Å².